The van der Waals surface area contributed by atoms with E-state index in [1.807, 2.05) is 19.1 Å². The number of carbonyl (C=O) groups is 2. The van der Waals surface area contributed by atoms with Gasteiger partial charge in [-0.05, 0) is 12.5 Å². The zero-order valence-electron chi connectivity index (χ0n) is 8.58. The maximum absolute atomic E-state index is 10.8. The number of carbonyl (C=O) groups excluding carboxylic acids is 1. The topological polar surface area (TPSA) is 88.3 Å². The lowest BCUT2D eigenvalue weighted by Crippen LogP contribution is -1.99. The van der Waals surface area contributed by atoms with Crippen LogP contribution in [0.1, 0.15) is 11.1 Å². The molecule has 1 aromatic rings. The van der Waals surface area contributed by atoms with Crippen LogP contribution >= 0.6 is 0 Å². The minimum absolute atomic E-state index is 0.0394. The highest BCUT2D eigenvalue weighted by Crippen LogP contribution is 2.05. The van der Waals surface area contributed by atoms with Crippen LogP contribution in [-0.4, -0.2) is 17.3 Å². The SMILES string of the molecule is Cc1ccc(COC(=O)/N=N/C(=O)O)cc1. The van der Waals surface area contributed by atoms with Gasteiger partial charge >= 0.3 is 12.2 Å². The van der Waals surface area contributed by atoms with Crippen LogP contribution in [0.4, 0.5) is 9.59 Å². The molecule has 1 N–H and O–H groups in total. The molecule has 0 radical (unpaired) electrons. The molecule has 1 rings (SSSR count). The number of carboxylic acid groups (broad SMARTS) is 1. The van der Waals surface area contributed by atoms with Crippen LogP contribution in [0.5, 0.6) is 0 Å². The molecule has 0 saturated carbocycles. The van der Waals surface area contributed by atoms with Gasteiger partial charge in [-0.15, -0.1) is 0 Å². The average molecular weight is 222 g/mol. The summed E-state index contributed by atoms with van der Waals surface area (Å²) < 4.78 is 4.66. The number of rotatable bonds is 2. The Kier molecular flexibility index (Phi) is 4.14. The second-order valence-electron chi connectivity index (χ2n) is 3.02. The standard InChI is InChI=1S/C10H10N2O4/c1-7-2-4-8(5-3-7)6-16-10(15)12-11-9(13)14/h2-5H,6H2,1H3,(H,13,14)/b12-11+. The lowest BCUT2D eigenvalue weighted by Gasteiger charge is -2.01. The largest absolute Gasteiger partial charge is 0.462 e. The molecular formula is C10H10N2O4. The summed E-state index contributed by atoms with van der Waals surface area (Å²) in [6, 6.07) is 7.36. The Morgan fingerprint density at radius 3 is 2.44 bits per heavy atom. The molecule has 0 aromatic heterocycles. The molecule has 0 heterocycles. The van der Waals surface area contributed by atoms with Crippen LogP contribution in [0.2, 0.25) is 0 Å². The Hall–Kier alpha value is -2.24. The fraction of sp³-hybridized carbons (Fsp3) is 0.200. The second kappa shape index (κ2) is 5.59. The number of benzene rings is 1. The quantitative estimate of drug-likeness (QED) is 0.779. The van der Waals surface area contributed by atoms with Gasteiger partial charge in [-0.3, -0.25) is 0 Å². The molecule has 2 amide bonds. The van der Waals surface area contributed by atoms with Crippen LogP contribution in [0.15, 0.2) is 34.5 Å². The van der Waals surface area contributed by atoms with Crippen LogP contribution in [0, 0.1) is 6.92 Å². The van der Waals surface area contributed by atoms with E-state index >= 15 is 0 Å². The first-order valence-electron chi connectivity index (χ1n) is 4.45. The molecule has 0 atom stereocenters. The smallest absolute Gasteiger partial charge is 0.452 e. The Labute approximate surface area is 91.6 Å². The van der Waals surface area contributed by atoms with Gasteiger partial charge < -0.3 is 9.84 Å². The van der Waals surface area contributed by atoms with Crippen LogP contribution in [0.3, 0.4) is 0 Å². The molecule has 0 unspecified atom stereocenters. The first-order chi connectivity index (χ1) is 7.58. The fourth-order valence-electron chi connectivity index (χ4n) is 0.942. The van der Waals surface area contributed by atoms with Gasteiger partial charge in [0.05, 0.1) is 0 Å². The Morgan fingerprint density at radius 2 is 1.88 bits per heavy atom. The third kappa shape index (κ3) is 4.32. The Balaban J connectivity index is 2.43. The molecule has 0 bridgehead atoms. The number of ether oxygens (including phenoxy) is 1. The van der Waals surface area contributed by atoms with Crippen molar-refractivity contribution in [1.82, 2.24) is 0 Å². The van der Waals surface area contributed by atoms with Crippen molar-refractivity contribution >= 4 is 12.2 Å². The predicted octanol–water partition coefficient (Wildman–Crippen LogP) is 2.76. The van der Waals surface area contributed by atoms with Gasteiger partial charge in [0.2, 0.25) is 0 Å². The van der Waals surface area contributed by atoms with Gasteiger partial charge in [-0.25, -0.2) is 9.59 Å². The highest BCUT2D eigenvalue weighted by molar-refractivity contribution is 5.71. The summed E-state index contributed by atoms with van der Waals surface area (Å²) in [6.07, 6.45) is -2.56. The fourth-order valence-corrected chi connectivity index (χ4v) is 0.942. The van der Waals surface area contributed by atoms with Crippen LogP contribution in [-0.2, 0) is 11.3 Å². The first kappa shape index (κ1) is 11.8. The van der Waals surface area contributed by atoms with Crippen molar-refractivity contribution in [2.75, 3.05) is 0 Å². The second-order valence-corrected chi connectivity index (χ2v) is 3.02. The monoisotopic (exact) mass is 222 g/mol. The molecule has 0 fully saturated rings. The lowest BCUT2D eigenvalue weighted by molar-refractivity contribution is 0.147. The van der Waals surface area contributed by atoms with Crippen LogP contribution < -0.4 is 0 Å². The third-order valence-corrected chi connectivity index (χ3v) is 1.70. The summed E-state index contributed by atoms with van der Waals surface area (Å²) >= 11 is 0. The van der Waals surface area contributed by atoms with Crippen molar-refractivity contribution in [3.8, 4) is 0 Å². The summed E-state index contributed by atoms with van der Waals surface area (Å²) in [5.41, 5.74) is 1.89. The summed E-state index contributed by atoms with van der Waals surface area (Å²) in [4.78, 5) is 20.8. The van der Waals surface area contributed by atoms with Crippen molar-refractivity contribution in [3.05, 3.63) is 35.4 Å². The van der Waals surface area contributed by atoms with Crippen molar-refractivity contribution in [3.63, 3.8) is 0 Å². The zero-order valence-corrected chi connectivity index (χ0v) is 8.58. The minimum Gasteiger partial charge on any atom is -0.462 e. The summed E-state index contributed by atoms with van der Waals surface area (Å²) in [5.74, 6) is 0. The molecule has 6 heteroatoms. The summed E-state index contributed by atoms with van der Waals surface area (Å²) in [5, 5.41) is 13.5. The molecule has 0 saturated heterocycles. The molecule has 0 spiro atoms. The molecule has 6 nitrogen and oxygen atoms in total. The van der Waals surface area contributed by atoms with E-state index in [9.17, 15) is 9.59 Å². The molecule has 1 aromatic carbocycles. The molecule has 0 aliphatic carbocycles. The van der Waals surface area contributed by atoms with Crippen LogP contribution in [0.25, 0.3) is 0 Å². The Bertz CT molecular complexity index is 411. The van der Waals surface area contributed by atoms with E-state index in [1.165, 1.54) is 0 Å². The zero-order chi connectivity index (χ0) is 12.0. The van der Waals surface area contributed by atoms with Crippen molar-refractivity contribution in [1.29, 1.82) is 0 Å². The minimum atomic E-state index is -1.53. The third-order valence-electron chi connectivity index (χ3n) is 1.70. The van der Waals surface area contributed by atoms with Crippen molar-refractivity contribution in [2.24, 2.45) is 10.2 Å². The molecule has 84 valence electrons. The maximum atomic E-state index is 10.8. The van der Waals surface area contributed by atoms with Gasteiger partial charge in [0.25, 0.3) is 0 Å². The lowest BCUT2D eigenvalue weighted by atomic mass is 10.2. The van der Waals surface area contributed by atoms with E-state index in [4.69, 9.17) is 5.11 Å². The summed E-state index contributed by atoms with van der Waals surface area (Å²) in [7, 11) is 0. The number of aryl methyl sites for hydroxylation is 1. The van der Waals surface area contributed by atoms with Crippen molar-refractivity contribution in [2.45, 2.75) is 13.5 Å². The number of nitrogens with zero attached hydrogens (tertiary/aromatic N) is 2. The normalized spacial score (nSPS) is 10.3. The number of azo groups is 1. The van der Waals surface area contributed by atoms with Gasteiger partial charge in [0.1, 0.15) is 6.61 Å². The number of hydrogen-bond acceptors (Lipinski definition) is 3. The molecule has 0 aliphatic heterocycles. The number of hydrogen-bond donors (Lipinski definition) is 1. The van der Waals surface area contributed by atoms with Crippen molar-refractivity contribution < 1.29 is 19.4 Å². The molecule has 0 aliphatic rings. The van der Waals surface area contributed by atoms with Gasteiger partial charge in [-0.2, -0.15) is 0 Å². The maximum Gasteiger partial charge on any atom is 0.452 e. The van der Waals surface area contributed by atoms with E-state index in [1.54, 1.807) is 12.1 Å². The predicted molar refractivity (Wildman–Crippen MR) is 54.2 cm³/mol. The van der Waals surface area contributed by atoms with Gasteiger partial charge in [0, 0.05) is 0 Å². The van der Waals surface area contributed by atoms with E-state index in [0.29, 0.717) is 0 Å². The van der Waals surface area contributed by atoms with E-state index in [0.717, 1.165) is 11.1 Å². The summed E-state index contributed by atoms with van der Waals surface area (Å²) in [6.45, 7) is 1.98. The van der Waals surface area contributed by atoms with Gasteiger partial charge in [-0.1, -0.05) is 40.1 Å². The van der Waals surface area contributed by atoms with E-state index in [-0.39, 0.29) is 6.61 Å². The molecular weight excluding hydrogens is 212 g/mol. The Morgan fingerprint density at radius 1 is 1.25 bits per heavy atom. The highest BCUT2D eigenvalue weighted by atomic mass is 16.5. The highest BCUT2D eigenvalue weighted by Gasteiger charge is 2.01. The van der Waals surface area contributed by atoms with E-state index < -0.39 is 12.2 Å². The first-order valence-corrected chi connectivity index (χ1v) is 4.45. The number of amides is 2. The van der Waals surface area contributed by atoms with E-state index in [2.05, 4.69) is 15.0 Å². The molecule has 16 heavy (non-hydrogen) atoms. The average Bonchev–Trinajstić information content (AvgIpc) is 2.25. The van der Waals surface area contributed by atoms with Gasteiger partial charge in [0.15, 0.2) is 0 Å².